The molecular weight excluding hydrogens is 582 g/mol. The predicted molar refractivity (Wildman–Crippen MR) is 164 cm³/mol. The number of pyridine rings is 2. The van der Waals surface area contributed by atoms with E-state index in [1.807, 2.05) is 36.4 Å². The number of carbonyl (C=O) groups is 1. The van der Waals surface area contributed by atoms with Crippen LogP contribution in [0.1, 0.15) is 21.7 Å². The first-order chi connectivity index (χ1) is 21.8. The van der Waals surface area contributed by atoms with Crippen molar-refractivity contribution in [2.75, 3.05) is 18.4 Å². The summed E-state index contributed by atoms with van der Waals surface area (Å²) in [5.74, 6) is -4.08. The summed E-state index contributed by atoms with van der Waals surface area (Å²) in [4.78, 5) is 35.5. The number of hydrogen-bond donors (Lipinski definition) is 3. The molecule has 0 bridgehead atoms. The molecule has 2 aromatic heterocycles. The van der Waals surface area contributed by atoms with Crippen molar-refractivity contribution >= 4 is 22.6 Å². The van der Waals surface area contributed by atoms with Gasteiger partial charge in [0.05, 0.1) is 17.0 Å². The molecule has 0 amide bonds. The number of carboxylic acids is 1. The minimum absolute atomic E-state index is 0.0169. The van der Waals surface area contributed by atoms with Crippen LogP contribution >= 0.6 is 0 Å². The number of benzene rings is 3. The fraction of sp³-hybridized carbons (Fsp3) is 0.118. The van der Waals surface area contributed by atoms with Gasteiger partial charge in [-0.3, -0.25) is 19.7 Å². The van der Waals surface area contributed by atoms with Gasteiger partial charge in [-0.05, 0) is 60.2 Å². The Morgan fingerprint density at radius 3 is 2.22 bits per heavy atom. The van der Waals surface area contributed by atoms with Gasteiger partial charge in [0.15, 0.2) is 17.4 Å². The number of phenolic OH excluding ortho intramolecular Hbond substituents is 1. The average Bonchev–Trinajstić information content (AvgIpc) is 3.02. The zero-order chi connectivity index (χ0) is 31.5. The Balaban J connectivity index is 1.37. The number of nitrogens with one attached hydrogen (secondary N) is 1. The number of halogens is 2. The number of rotatable bonds is 10. The molecule has 0 saturated heterocycles. The molecule has 45 heavy (non-hydrogen) atoms. The summed E-state index contributed by atoms with van der Waals surface area (Å²) in [6.07, 6.45) is 3.47. The molecule has 0 saturated carbocycles. The third-order valence-corrected chi connectivity index (χ3v) is 7.34. The second kappa shape index (κ2) is 12.5. The predicted octanol–water partition coefficient (Wildman–Crippen LogP) is 6.15. The first-order valence-electron chi connectivity index (χ1n) is 14.0. The van der Waals surface area contributed by atoms with E-state index >= 15 is 0 Å². The van der Waals surface area contributed by atoms with Crippen molar-refractivity contribution in [2.45, 2.75) is 13.1 Å². The molecule has 2 aromatic carbocycles. The van der Waals surface area contributed by atoms with Gasteiger partial charge in [-0.1, -0.05) is 12.1 Å². The molecule has 1 aliphatic carbocycles. The fourth-order valence-electron chi connectivity index (χ4n) is 5.25. The van der Waals surface area contributed by atoms with Gasteiger partial charge in [-0.25, -0.2) is 13.6 Å². The van der Waals surface area contributed by atoms with E-state index in [0.717, 1.165) is 35.7 Å². The number of aromatic carboxylic acids is 1. The number of phenols is 1. The molecule has 0 fully saturated rings. The quantitative estimate of drug-likeness (QED) is 0.157. The van der Waals surface area contributed by atoms with Crippen molar-refractivity contribution in [1.82, 2.24) is 14.9 Å². The molecule has 0 spiro atoms. The first-order valence-corrected chi connectivity index (χ1v) is 14.0. The highest BCUT2D eigenvalue weighted by Gasteiger charge is 2.24. The zero-order valence-electron chi connectivity index (χ0n) is 23.7. The SMILES string of the molecule is O=C(O)c1ccc(NCCN(Cc2ccccn2)Cc2ccccn2)cc1-c1c2cc(F)c(=O)cc-2oc2cc(O)c(F)cc12. The third kappa shape index (κ3) is 6.34. The van der Waals surface area contributed by atoms with Crippen LogP contribution < -0.4 is 10.7 Å². The molecule has 0 radical (unpaired) electrons. The van der Waals surface area contributed by atoms with Gasteiger partial charge in [0, 0.05) is 72.9 Å². The van der Waals surface area contributed by atoms with Gasteiger partial charge in [0.1, 0.15) is 11.3 Å². The number of anilines is 1. The smallest absolute Gasteiger partial charge is 0.336 e. The lowest BCUT2D eigenvalue weighted by Gasteiger charge is -2.22. The van der Waals surface area contributed by atoms with E-state index in [2.05, 4.69) is 20.2 Å². The van der Waals surface area contributed by atoms with Crippen molar-refractivity contribution in [3.05, 3.63) is 130 Å². The van der Waals surface area contributed by atoms with Crippen molar-refractivity contribution in [3.63, 3.8) is 0 Å². The lowest BCUT2D eigenvalue weighted by Crippen LogP contribution is -2.29. The lowest BCUT2D eigenvalue weighted by molar-refractivity contribution is 0.0697. The van der Waals surface area contributed by atoms with Crippen LogP contribution in [0.5, 0.6) is 5.75 Å². The maximum atomic E-state index is 14.6. The molecular formula is C34H26F2N4O5. The maximum Gasteiger partial charge on any atom is 0.336 e. The van der Waals surface area contributed by atoms with Gasteiger partial charge in [-0.2, -0.15) is 0 Å². The Morgan fingerprint density at radius 2 is 1.58 bits per heavy atom. The van der Waals surface area contributed by atoms with E-state index in [4.69, 9.17) is 4.42 Å². The summed E-state index contributed by atoms with van der Waals surface area (Å²) in [7, 11) is 0. The number of hydrogen-bond acceptors (Lipinski definition) is 8. The van der Waals surface area contributed by atoms with Crippen molar-refractivity contribution in [3.8, 4) is 28.2 Å². The summed E-state index contributed by atoms with van der Waals surface area (Å²) in [5, 5.41) is 23.5. The van der Waals surface area contributed by atoms with Crippen LogP contribution in [0.4, 0.5) is 14.5 Å². The molecule has 11 heteroatoms. The lowest BCUT2D eigenvalue weighted by atomic mass is 9.90. The summed E-state index contributed by atoms with van der Waals surface area (Å²) < 4.78 is 34.9. The highest BCUT2D eigenvalue weighted by molar-refractivity contribution is 6.08. The number of nitrogens with zero attached hydrogens (tertiary/aromatic N) is 3. The summed E-state index contributed by atoms with van der Waals surface area (Å²) in [5.41, 5.74) is 1.59. The Labute approximate surface area is 255 Å². The van der Waals surface area contributed by atoms with E-state index in [0.29, 0.717) is 31.9 Å². The van der Waals surface area contributed by atoms with E-state index in [9.17, 15) is 28.6 Å². The van der Waals surface area contributed by atoms with Gasteiger partial charge in [0.25, 0.3) is 0 Å². The Hall–Kier alpha value is -5.68. The molecule has 1 aliphatic heterocycles. The molecule has 3 N–H and O–H groups in total. The van der Waals surface area contributed by atoms with Crippen molar-refractivity contribution in [2.24, 2.45) is 0 Å². The number of aromatic nitrogens is 2. The Kier molecular flexibility index (Phi) is 8.17. The maximum absolute atomic E-state index is 14.6. The van der Waals surface area contributed by atoms with Gasteiger partial charge >= 0.3 is 5.97 Å². The minimum atomic E-state index is -1.27. The van der Waals surface area contributed by atoms with Crippen molar-refractivity contribution < 1.29 is 28.2 Å². The average molecular weight is 609 g/mol. The third-order valence-electron chi connectivity index (χ3n) is 7.34. The highest BCUT2D eigenvalue weighted by atomic mass is 19.1. The monoisotopic (exact) mass is 608 g/mol. The zero-order valence-corrected chi connectivity index (χ0v) is 23.7. The Bertz CT molecular complexity index is 2000. The summed E-state index contributed by atoms with van der Waals surface area (Å²) in [6.45, 7) is 2.16. The van der Waals surface area contributed by atoms with Gasteiger partial charge < -0.3 is 19.9 Å². The first kappa shape index (κ1) is 29.4. The number of carboxylic acid groups (broad SMARTS) is 1. The largest absolute Gasteiger partial charge is 0.505 e. The second-order valence-corrected chi connectivity index (χ2v) is 10.4. The summed E-state index contributed by atoms with van der Waals surface area (Å²) >= 11 is 0. The number of fused-ring (bicyclic) bond motifs is 2. The van der Waals surface area contributed by atoms with Crippen LogP contribution in [0.2, 0.25) is 0 Å². The molecule has 9 nitrogen and oxygen atoms in total. The van der Waals surface area contributed by atoms with Crippen LogP contribution in [0.25, 0.3) is 33.4 Å². The van der Waals surface area contributed by atoms with Crippen LogP contribution in [0.15, 0.2) is 100 Å². The summed E-state index contributed by atoms with van der Waals surface area (Å²) in [6, 6.07) is 19.9. The molecule has 0 unspecified atom stereocenters. The van der Waals surface area contributed by atoms with Crippen LogP contribution in [0.3, 0.4) is 0 Å². The highest BCUT2D eigenvalue weighted by Crippen LogP contribution is 2.43. The van der Waals surface area contributed by atoms with E-state index in [1.165, 1.54) is 6.07 Å². The molecule has 2 aliphatic rings. The molecule has 0 atom stereocenters. The Morgan fingerprint density at radius 1 is 0.867 bits per heavy atom. The van der Waals surface area contributed by atoms with Crippen molar-refractivity contribution in [1.29, 1.82) is 0 Å². The van der Waals surface area contributed by atoms with Gasteiger partial charge in [0.2, 0.25) is 5.43 Å². The van der Waals surface area contributed by atoms with Crippen LogP contribution in [-0.4, -0.2) is 44.1 Å². The normalized spacial score (nSPS) is 11.4. The fourth-order valence-corrected chi connectivity index (χ4v) is 5.25. The molecule has 3 heterocycles. The van der Waals surface area contributed by atoms with E-state index in [-0.39, 0.29) is 39.0 Å². The van der Waals surface area contributed by atoms with E-state index in [1.54, 1.807) is 24.5 Å². The van der Waals surface area contributed by atoms with Crippen LogP contribution in [-0.2, 0) is 13.1 Å². The molecule has 6 rings (SSSR count). The second-order valence-electron chi connectivity index (χ2n) is 10.4. The minimum Gasteiger partial charge on any atom is -0.505 e. The van der Waals surface area contributed by atoms with Gasteiger partial charge in [-0.15, -0.1) is 0 Å². The number of aromatic hydroxyl groups is 1. The molecule has 4 aromatic rings. The molecule has 226 valence electrons. The standard InChI is InChI=1S/C34H26F2N4O5/c35-27-14-25-31(16-29(27)41)45-32-17-30(42)28(36)15-26(32)33(25)24-13-20(7-8-23(24)34(43)44)39-11-12-40(18-21-5-1-3-9-37-21)19-22-6-2-4-10-38-22/h1-10,13-17,39,41H,11-12,18-19H2,(H,43,44). The van der Waals surface area contributed by atoms with Crippen LogP contribution in [0, 0.1) is 11.6 Å². The topological polar surface area (TPSA) is 129 Å². The van der Waals surface area contributed by atoms with E-state index < -0.39 is 28.8 Å².